The first-order chi connectivity index (χ1) is 7.65. The van der Waals surface area contributed by atoms with Crippen molar-refractivity contribution >= 4 is 5.69 Å². The molecule has 82 valence electrons. The molecule has 0 atom stereocenters. The molecule has 0 fully saturated rings. The lowest BCUT2D eigenvalue weighted by Crippen LogP contribution is -1.99. The molecule has 0 unspecified atom stereocenters. The summed E-state index contributed by atoms with van der Waals surface area (Å²) in [6.45, 7) is 3.70. The van der Waals surface area contributed by atoms with E-state index in [9.17, 15) is 0 Å². The van der Waals surface area contributed by atoms with Crippen molar-refractivity contribution in [2.75, 3.05) is 5.73 Å². The van der Waals surface area contributed by atoms with Gasteiger partial charge < -0.3 is 10.5 Å². The number of nitrogens with two attached hydrogens (primary N) is 1. The Labute approximate surface area is 93.3 Å². The molecule has 0 spiro atoms. The molecule has 0 saturated heterocycles. The number of ether oxygens (including phenoxy) is 1. The molecular weight excluding hydrogens is 204 g/mol. The van der Waals surface area contributed by atoms with Crippen molar-refractivity contribution in [3.63, 3.8) is 0 Å². The van der Waals surface area contributed by atoms with Gasteiger partial charge in [-0.2, -0.15) is 4.98 Å². The van der Waals surface area contributed by atoms with Crippen LogP contribution < -0.4 is 10.5 Å². The van der Waals surface area contributed by atoms with Gasteiger partial charge >= 0.3 is 6.01 Å². The standard InChI is InChI=1S/C11H12N4O/c1-7-8(2)14-15-11(13-7)16-10-5-3-4-9(12)6-10/h3-6H,12H2,1-2H3. The second-order valence-corrected chi connectivity index (χ2v) is 3.44. The number of aryl methyl sites for hydroxylation is 2. The minimum absolute atomic E-state index is 0.230. The van der Waals surface area contributed by atoms with E-state index >= 15 is 0 Å². The van der Waals surface area contributed by atoms with Crippen molar-refractivity contribution in [1.29, 1.82) is 0 Å². The molecule has 0 saturated carbocycles. The van der Waals surface area contributed by atoms with E-state index in [1.165, 1.54) is 0 Å². The van der Waals surface area contributed by atoms with Gasteiger partial charge in [-0.1, -0.05) is 11.2 Å². The highest BCUT2D eigenvalue weighted by atomic mass is 16.5. The predicted molar refractivity (Wildman–Crippen MR) is 60.2 cm³/mol. The van der Waals surface area contributed by atoms with E-state index in [1.807, 2.05) is 13.8 Å². The summed E-state index contributed by atoms with van der Waals surface area (Å²) in [5, 5.41) is 7.77. The number of hydrogen-bond acceptors (Lipinski definition) is 5. The van der Waals surface area contributed by atoms with Crippen LogP contribution in [0.25, 0.3) is 0 Å². The number of aromatic nitrogens is 3. The molecule has 16 heavy (non-hydrogen) atoms. The third kappa shape index (κ3) is 2.25. The fraction of sp³-hybridized carbons (Fsp3) is 0.182. The minimum Gasteiger partial charge on any atom is -0.423 e. The van der Waals surface area contributed by atoms with Crippen LogP contribution in [0, 0.1) is 13.8 Å². The largest absolute Gasteiger partial charge is 0.423 e. The maximum absolute atomic E-state index is 5.63. The molecule has 5 heteroatoms. The average Bonchev–Trinajstić information content (AvgIpc) is 2.24. The van der Waals surface area contributed by atoms with Crippen LogP contribution in [0.3, 0.4) is 0 Å². The highest BCUT2D eigenvalue weighted by molar-refractivity contribution is 5.44. The smallest absolute Gasteiger partial charge is 0.341 e. The summed E-state index contributed by atoms with van der Waals surface area (Å²) >= 11 is 0. The van der Waals surface area contributed by atoms with Gasteiger partial charge in [0.25, 0.3) is 0 Å². The Morgan fingerprint density at radius 2 is 1.94 bits per heavy atom. The maximum atomic E-state index is 5.63. The fourth-order valence-corrected chi connectivity index (χ4v) is 1.16. The second kappa shape index (κ2) is 4.14. The molecule has 1 aromatic carbocycles. The molecule has 2 rings (SSSR count). The Morgan fingerprint density at radius 1 is 1.12 bits per heavy atom. The van der Waals surface area contributed by atoms with Gasteiger partial charge in [0, 0.05) is 11.8 Å². The zero-order valence-electron chi connectivity index (χ0n) is 9.14. The molecule has 0 aliphatic heterocycles. The van der Waals surface area contributed by atoms with E-state index in [0.717, 1.165) is 11.4 Å². The summed E-state index contributed by atoms with van der Waals surface area (Å²) in [6, 6.07) is 7.31. The summed E-state index contributed by atoms with van der Waals surface area (Å²) in [6.07, 6.45) is 0. The van der Waals surface area contributed by atoms with Crippen LogP contribution in [-0.4, -0.2) is 15.2 Å². The van der Waals surface area contributed by atoms with Crippen molar-refractivity contribution in [3.05, 3.63) is 35.7 Å². The number of anilines is 1. The summed E-state index contributed by atoms with van der Waals surface area (Å²) in [5.41, 5.74) is 7.85. The molecular formula is C11H12N4O. The highest BCUT2D eigenvalue weighted by Gasteiger charge is 2.03. The predicted octanol–water partition coefficient (Wildman–Crippen LogP) is 1.86. The Morgan fingerprint density at radius 3 is 2.62 bits per heavy atom. The van der Waals surface area contributed by atoms with Gasteiger partial charge in [0.05, 0.1) is 11.4 Å². The lowest BCUT2D eigenvalue weighted by molar-refractivity contribution is 0.430. The van der Waals surface area contributed by atoms with E-state index in [1.54, 1.807) is 24.3 Å². The highest BCUT2D eigenvalue weighted by Crippen LogP contribution is 2.19. The van der Waals surface area contributed by atoms with Crippen molar-refractivity contribution in [3.8, 4) is 11.8 Å². The lowest BCUT2D eigenvalue weighted by Gasteiger charge is -2.04. The summed E-state index contributed by atoms with van der Waals surface area (Å²) in [7, 11) is 0. The van der Waals surface area contributed by atoms with Gasteiger partial charge in [0.1, 0.15) is 5.75 Å². The van der Waals surface area contributed by atoms with Crippen LogP contribution in [0.15, 0.2) is 24.3 Å². The van der Waals surface area contributed by atoms with Crippen molar-refractivity contribution in [2.45, 2.75) is 13.8 Å². The third-order valence-corrected chi connectivity index (χ3v) is 2.14. The first kappa shape index (κ1) is 10.4. The molecule has 1 heterocycles. The number of benzene rings is 1. The van der Waals surface area contributed by atoms with E-state index in [-0.39, 0.29) is 6.01 Å². The van der Waals surface area contributed by atoms with Crippen molar-refractivity contribution < 1.29 is 4.74 Å². The first-order valence-electron chi connectivity index (χ1n) is 4.86. The van der Waals surface area contributed by atoms with Gasteiger partial charge in [-0.25, -0.2) is 0 Å². The van der Waals surface area contributed by atoms with Gasteiger partial charge in [-0.3, -0.25) is 0 Å². The number of hydrogen-bond donors (Lipinski definition) is 1. The van der Waals surface area contributed by atoms with Gasteiger partial charge in [0.15, 0.2) is 0 Å². The van der Waals surface area contributed by atoms with Crippen LogP contribution >= 0.6 is 0 Å². The molecule has 0 aliphatic carbocycles. The lowest BCUT2D eigenvalue weighted by atomic mass is 10.3. The van der Waals surface area contributed by atoms with Crippen LogP contribution in [0.4, 0.5) is 5.69 Å². The number of rotatable bonds is 2. The average molecular weight is 216 g/mol. The zero-order valence-corrected chi connectivity index (χ0v) is 9.14. The van der Waals surface area contributed by atoms with Crippen LogP contribution in [0.2, 0.25) is 0 Å². The quantitative estimate of drug-likeness (QED) is 0.775. The van der Waals surface area contributed by atoms with E-state index in [2.05, 4.69) is 15.2 Å². The summed E-state index contributed by atoms with van der Waals surface area (Å²) in [4.78, 5) is 4.16. The Kier molecular flexibility index (Phi) is 2.68. The second-order valence-electron chi connectivity index (χ2n) is 3.44. The number of nitrogens with zero attached hydrogens (tertiary/aromatic N) is 3. The molecule has 1 aromatic heterocycles. The maximum Gasteiger partial charge on any atom is 0.341 e. The van der Waals surface area contributed by atoms with Crippen molar-refractivity contribution in [1.82, 2.24) is 15.2 Å². The molecule has 0 amide bonds. The van der Waals surface area contributed by atoms with Crippen LogP contribution in [-0.2, 0) is 0 Å². The number of nitrogen functional groups attached to an aromatic ring is 1. The Bertz CT molecular complexity index is 513. The third-order valence-electron chi connectivity index (χ3n) is 2.14. The molecule has 2 aromatic rings. The first-order valence-corrected chi connectivity index (χ1v) is 4.86. The van der Waals surface area contributed by atoms with E-state index in [4.69, 9.17) is 10.5 Å². The van der Waals surface area contributed by atoms with Crippen LogP contribution in [0.5, 0.6) is 11.8 Å². The van der Waals surface area contributed by atoms with E-state index < -0.39 is 0 Å². The Balaban J connectivity index is 2.24. The monoisotopic (exact) mass is 216 g/mol. The molecule has 0 bridgehead atoms. The topological polar surface area (TPSA) is 73.9 Å². The van der Waals surface area contributed by atoms with Gasteiger partial charge in [-0.15, -0.1) is 5.10 Å². The van der Waals surface area contributed by atoms with Crippen molar-refractivity contribution in [2.24, 2.45) is 0 Å². The normalized spacial score (nSPS) is 10.1. The molecule has 0 radical (unpaired) electrons. The fourth-order valence-electron chi connectivity index (χ4n) is 1.16. The summed E-state index contributed by atoms with van der Waals surface area (Å²) < 4.78 is 5.43. The molecule has 5 nitrogen and oxygen atoms in total. The zero-order chi connectivity index (χ0) is 11.5. The molecule has 0 aliphatic rings. The summed E-state index contributed by atoms with van der Waals surface area (Å²) in [5.74, 6) is 0.602. The minimum atomic E-state index is 0.230. The van der Waals surface area contributed by atoms with Gasteiger partial charge in [0.2, 0.25) is 0 Å². The Hall–Kier alpha value is -2.17. The SMILES string of the molecule is Cc1nnc(Oc2cccc(N)c2)nc1C. The molecule has 2 N–H and O–H groups in total. The van der Waals surface area contributed by atoms with Gasteiger partial charge in [-0.05, 0) is 26.0 Å². The van der Waals surface area contributed by atoms with Crippen LogP contribution in [0.1, 0.15) is 11.4 Å². The van der Waals surface area contributed by atoms with E-state index in [0.29, 0.717) is 11.4 Å².